The molecule has 168 valence electrons. The van der Waals surface area contributed by atoms with Crippen LogP contribution in [0.5, 0.6) is 0 Å². The minimum atomic E-state index is -0.458. The molecule has 0 aliphatic carbocycles. The van der Waals surface area contributed by atoms with Gasteiger partial charge in [0.2, 0.25) is 0 Å². The largest absolute Gasteiger partial charge is 0.769 e. The van der Waals surface area contributed by atoms with Crippen LogP contribution in [0, 0.1) is 15.6 Å². The van der Waals surface area contributed by atoms with E-state index in [1.807, 2.05) is 18.2 Å². The van der Waals surface area contributed by atoms with Gasteiger partial charge in [0.25, 0.3) is 0 Å². The van der Waals surface area contributed by atoms with E-state index in [0.717, 1.165) is 33.4 Å². The number of hydrogen-bond donors (Lipinski definition) is 3. The molecule has 0 aliphatic rings. The molecule has 0 aromatic heterocycles. The number of rotatable bonds is 6. The number of nitrogens with zero attached hydrogens (tertiary/aromatic N) is 3. The van der Waals surface area contributed by atoms with Crippen molar-refractivity contribution in [2.45, 2.75) is 0 Å². The molecule has 0 unspecified atom stereocenters. The molecular formula is C24H18N3O6-3. The Balaban J connectivity index is 1.81. The van der Waals surface area contributed by atoms with Crippen LogP contribution in [0.25, 0.3) is 33.4 Å². The lowest BCUT2D eigenvalue weighted by Crippen LogP contribution is -2.10. The van der Waals surface area contributed by atoms with Gasteiger partial charge in [-0.1, -0.05) is 36.4 Å². The smallest absolute Gasteiger partial charge is 0.0943 e. The van der Waals surface area contributed by atoms with E-state index >= 15 is 0 Å². The van der Waals surface area contributed by atoms with E-state index < -0.39 is 5.23 Å². The molecule has 9 nitrogen and oxygen atoms in total. The Morgan fingerprint density at radius 2 is 0.758 bits per heavy atom. The van der Waals surface area contributed by atoms with Crippen molar-refractivity contribution in [2.75, 3.05) is 15.7 Å². The molecule has 0 fully saturated rings. The zero-order valence-corrected chi connectivity index (χ0v) is 17.1. The van der Waals surface area contributed by atoms with Gasteiger partial charge in [0.15, 0.2) is 0 Å². The van der Waals surface area contributed by atoms with Crippen LogP contribution in [0.3, 0.4) is 0 Å². The Kier molecular flexibility index (Phi) is 6.24. The van der Waals surface area contributed by atoms with Crippen LogP contribution in [0.2, 0.25) is 0 Å². The predicted molar refractivity (Wildman–Crippen MR) is 126 cm³/mol. The number of anilines is 3. The monoisotopic (exact) mass is 444 g/mol. The van der Waals surface area contributed by atoms with Crippen molar-refractivity contribution in [3.05, 3.63) is 107 Å². The predicted octanol–water partition coefficient (Wildman–Crippen LogP) is 5.77. The topological polar surface area (TPSA) is 140 Å². The molecule has 4 rings (SSSR count). The summed E-state index contributed by atoms with van der Waals surface area (Å²) in [5, 5.41) is 59.9. The second kappa shape index (κ2) is 9.27. The fourth-order valence-electron chi connectivity index (χ4n) is 3.47. The van der Waals surface area contributed by atoms with Crippen molar-refractivity contribution < 1.29 is 15.6 Å². The van der Waals surface area contributed by atoms with E-state index in [2.05, 4.69) is 0 Å². The maximum Gasteiger partial charge on any atom is 0.0943 e. The van der Waals surface area contributed by atoms with Crippen molar-refractivity contribution in [1.82, 2.24) is 0 Å². The SMILES string of the molecule is [O-]N([O-])c1ccc(-c2cc(-c3ccc(N([O-])O)cc3)cc(-c3ccc(N(O)O)cc3)c2)cc1. The minimum Gasteiger partial charge on any atom is -0.769 e. The van der Waals surface area contributed by atoms with Crippen molar-refractivity contribution >= 4 is 17.1 Å². The second-order valence-electron chi connectivity index (χ2n) is 7.26. The highest BCUT2D eigenvalue weighted by Crippen LogP contribution is 2.34. The minimum absolute atomic E-state index is 0.00922. The van der Waals surface area contributed by atoms with E-state index in [-0.39, 0.29) is 27.5 Å². The van der Waals surface area contributed by atoms with Gasteiger partial charge in [-0.3, -0.25) is 15.6 Å². The van der Waals surface area contributed by atoms with Gasteiger partial charge in [-0.25, -0.2) is 0 Å². The average molecular weight is 444 g/mol. The summed E-state index contributed by atoms with van der Waals surface area (Å²) < 4.78 is 0. The van der Waals surface area contributed by atoms with Gasteiger partial charge in [-0.15, -0.1) is 5.23 Å². The van der Waals surface area contributed by atoms with E-state index in [0.29, 0.717) is 0 Å². The van der Waals surface area contributed by atoms with Gasteiger partial charge in [-0.05, 0) is 88.0 Å². The molecule has 0 bridgehead atoms. The van der Waals surface area contributed by atoms with Crippen molar-refractivity contribution in [2.24, 2.45) is 0 Å². The first kappa shape index (κ1) is 22.2. The first-order chi connectivity index (χ1) is 15.8. The van der Waals surface area contributed by atoms with Gasteiger partial charge in [0, 0.05) is 5.69 Å². The van der Waals surface area contributed by atoms with Crippen molar-refractivity contribution in [3.63, 3.8) is 0 Å². The zero-order valence-electron chi connectivity index (χ0n) is 17.1. The highest BCUT2D eigenvalue weighted by molar-refractivity contribution is 5.82. The Morgan fingerprint density at radius 1 is 0.424 bits per heavy atom. The second-order valence-corrected chi connectivity index (χ2v) is 7.26. The highest BCUT2D eigenvalue weighted by Gasteiger charge is 2.09. The maximum atomic E-state index is 11.1. The first-order valence-corrected chi connectivity index (χ1v) is 9.76. The molecule has 4 aromatic rings. The summed E-state index contributed by atoms with van der Waals surface area (Å²) in [7, 11) is 0. The van der Waals surface area contributed by atoms with Gasteiger partial charge in [-0.2, -0.15) is 0 Å². The number of benzene rings is 4. The molecule has 0 amide bonds. The van der Waals surface area contributed by atoms with Crippen LogP contribution < -0.4 is 15.7 Å². The highest BCUT2D eigenvalue weighted by atomic mass is 16.8. The average Bonchev–Trinajstić information content (AvgIpc) is 2.84. The van der Waals surface area contributed by atoms with E-state index in [1.165, 1.54) is 24.3 Å². The lowest BCUT2D eigenvalue weighted by molar-refractivity contribution is 0.0291. The summed E-state index contributed by atoms with van der Waals surface area (Å²) in [6, 6.07) is 24.9. The summed E-state index contributed by atoms with van der Waals surface area (Å²) in [5.74, 6) is 0. The summed E-state index contributed by atoms with van der Waals surface area (Å²) >= 11 is 0. The standard InChI is InChI=1S/C24H18N3O6/c28-25(29)22-7-1-16(2-8-22)19-13-20(17-3-9-23(10-4-17)26(30)31)15-21(14-19)18-5-11-24(12-6-18)27(32)33/h1-15,28-30H/q-3. The zero-order chi connectivity index (χ0) is 23.5. The Bertz CT molecular complexity index is 1060. The fraction of sp³-hybridized carbons (Fsp3) is 0. The first-order valence-electron chi connectivity index (χ1n) is 9.76. The summed E-state index contributed by atoms with van der Waals surface area (Å²) in [6.45, 7) is 0. The molecule has 0 radical (unpaired) electrons. The van der Waals surface area contributed by atoms with E-state index in [4.69, 9.17) is 5.21 Å². The lowest BCUT2D eigenvalue weighted by atomic mass is 9.93. The van der Waals surface area contributed by atoms with E-state index in [9.17, 15) is 26.0 Å². The third-order valence-corrected chi connectivity index (χ3v) is 5.20. The van der Waals surface area contributed by atoms with Gasteiger partial charge < -0.3 is 26.1 Å². The Labute approximate surface area is 188 Å². The molecule has 4 aromatic carbocycles. The Morgan fingerprint density at radius 3 is 1.06 bits per heavy atom. The molecule has 3 N–H and O–H groups in total. The Hall–Kier alpha value is -3.96. The third-order valence-electron chi connectivity index (χ3n) is 5.20. The molecule has 33 heavy (non-hydrogen) atoms. The van der Waals surface area contributed by atoms with Crippen LogP contribution in [0.15, 0.2) is 91.0 Å². The number of hydrogen-bond acceptors (Lipinski definition) is 9. The summed E-state index contributed by atoms with van der Waals surface area (Å²) in [5.41, 5.74) is 5.11. The van der Waals surface area contributed by atoms with Crippen LogP contribution in [0.4, 0.5) is 17.1 Å². The lowest BCUT2D eigenvalue weighted by Gasteiger charge is -2.37. The molecule has 0 aliphatic heterocycles. The molecule has 0 saturated heterocycles. The molecule has 0 spiro atoms. The normalized spacial score (nSPS) is 10.7. The molecule has 0 heterocycles. The molecular weight excluding hydrogens is 426 g/mol. The van der Waals surface area contributed by atoms with E-state index in [1.54, 1.807) is 48.5 Å². The van der Waals surface area contributed by atoms with Gasteiger partial charge in [0.05, 0.1) is 11.4 Å². The van der Waals surface area contributed by atoms with Gasteiger partial charge >= 0.3 is 0 Å². The maximum absolute atomic E-state index is 11.1. The van der Waals surface area contributed by atoms with Crippen molar-refractivity contribution in [1.29, 1.82) is 0 Å². The quantitative estimate of drug-likeness (QED) is 0.316. The molecule has 0 atom stereocenters. The fourth-order valence-corrected chi connectivity index (χ4v) is 3.47. The molecule has 9 heteroatoms. The van der Waals surface area contributed by atoms with Crippen LogP contribution >= 0.6 is 0 Å². The van der Waals surface area contributed by atoms with Crippen molar-refractivity contribution in [3.8, 4) is 33.4 Å². The summed E-state index contributed by atoms with van der Waals surface area (Å²) in [6.07, 6.45) is 0. The van der Waals surface area contributed by atoms with Crippen LogP contribution in [0.1, 0.15) is 0 Å². The third kappa shape index (κ3) is 4.94. The van der Waals surface area contributed by atoms with Crippen LogP contribution in [-0.2, 0) is 0 Å². The van der Waals surface area contributed by atoms with Gasteiger partial charge in [0.1, 0.15) is 0 Å². The summed E-state index contributed by atoms with van der Waals surface area (Å²) in [4.78, 5) is 0. The molecule has 0 saturated carbocycles. The van der Waals surface area contributed by atoms with Crippen LogP contribution in [-0.4, -0.2) is 15.6 Å².